The summed E-state index contributed by atoms with van der Waals surface area (Å²) in [5.41, 5.74) is 0.683. The number of amides is 1. The maximum Gasteiger partial charge on any atom is 0.266 e. The molecule has 104 valence electrons. The molecule has 1 aromatic carbocycles. The summed E-state index contributed by atoms with van der Waals surface area (Å²) < 4.78 is 36.2. The van der Waals surface area contributed by atoms with E-state index in [9.17, 15) is 13.2 Å². The van der Waals surface area contributed by atoms with E-state index in [1.165, 1.54) is 20.3 Å². The van der Waals surface area contributed by atoms with Crippen molar-refractivity contribution in [2.75, 3.05) is 14.2 Å². The first-order valence-corrected chi connectivity index (χ1v) is 7.17. The molecule has 0 saturated heterocycles. The Bertz CT molecular complexity index is 649. The lowest BCUT2D eigenvalue weighted by Gasteiger charge is -2.17. The number of sulfonamides is 1. The molecule has 19 heavy (non-hydrogen) atoms. The van der Waals surface area contributed by atoms with Gasteiger partial charge in [-0.25, -0.2) is 13.1 Å². The molecule has 1 aromatic rings. The van der Waals surface area contributed by atoms with Gasteiger partial charge < -0.3 is 9.47 Å². The Morgan fingerprint density at radius 2 is 1.84 bits per heavy atom. The van der Waals surface area contributed by atoms with Crippen LogP contribution in [0.5, 0.6) is 11.5 Å². The fourth-order valence-corrected chi connectivity index (χ4v) is 3.41. The Balaban J connectivity index is 2.92. The zero-order chi connectivity index (χ0) is 14.4. The van der Waals surface area contributed by atoms with Crippen molar-refractivity contribution in [3.05, 3.63) is 17.2 Å². The minimum absolute atomic E-state index is 0.0566. The Kier molecular flexibility index (Phi) is 3.17. The predicted octanol–water partition coefficient (Wildman–Crippen LogP) is 1.26. The molecule has 1 N–H and O–H groups in total. The molecule has 6 nitrogen and oxygen atoms in total. The van der Waals surface area contributed by atoms with Crippen LogP contribution in [-0.4, -0.2) is 28.5 Å². The average molecular weight is 285 g/mol. The topological polar surface area (TPSA) is 81.7 Å². The zero-order valence-corrected chi connectivity index (χ0v) is 11.9. The van der Waals surface area contributed by atoms with E-state index in [0.717, 1.165) is 0 Å². The average Bonchev–Trinajstić information content (AvgIpc) is 2.56. The lowest BCUT2D eigenvalue weighted by molar-refractivity contribution is 0.0983. The molecule has 0 saturated carbocycles. The highest BCUT2D eigenvalue weighted by atomic mass is 32.2. The third-order valence-electron chi connectivity index (χ3n) is 2.99. The van der Waals surface area contributed by atoms with Crippen LogP contribution in [0, 0.1) is 0 Å². The minimum Gasteiger partial charge on any atom is -0.493 e. The van der Waals surface area contributed by atoms with Crippen LogP contribution in [0.4, 0.5) is 0 Å². The van der Waals surface area contributed by atoms with Crippen molar-refractivity contribution in [3.63, 3.8) is 0 Å². The lowest BCUT2D eigenvalue weighted by Crippen LogP contribution is -2.21. The molecule has 0 radical (unpaired) electrons. The van der Waals surface area contributed by atoms with Crippen molar-refractivity contribution in [2.45, 2.75) is 24.7 Å². The van der Waals surface area contributed by atoms with E-state index < -0.39 is 15.9 Å². The largest absolute Gasteiger partial charge is 0.493 e. The Morgan fingerprint density at radius 1 is 1.21 bits per heavy atom. The number of methoxy groups -OCH3 is 2. The SMILES string of the molecule is COc1cc2c(c(C(C)C)c1OC)C(=O)NS2(=O)=O. The summed E-state index contributed by atoms with van der Waals surface area (Å²) in [5, 5.41) is 0. The Hall–Kier alpha value is -1.76. The van der Waals surface area contributed by atoms with Crippen LogP contribution in [0.25, 0.3) is 0 Å². The molecule has 1 amide bonds. The van der Waals surface area contributed by atoms with Crippen molar-refractivity contribution in [1.82, 2.24) is 4.72 Å². The molecular weight excluding hydrogens is 270 g/mol. The highest BCUT2D eigenvalue weighted by Gasteiger charge is 2.38. The molecule has 0 bridgehead atoms. The number of benzene rings is 1. The molecule has 0 aliphatic carbocycles. The quantitative estimate of drug-likeness (QED) is 0.904. The van der Waals surface area contributed by atoms with Gasteiger partial charge in [0.2, 0.25) is 0 Å². The van der Waals surface area contributed by atoms with Gasteiger partial charge in [-0.2, -0.15) is 0 Å². The minimum atomic E-state index is -3.80. The monoisotopic (exact) mass is 285 g/mol. The van der Waals surface area contributed by atoms with Gasteiger partial charge in [-0.05, 0) is 5.92 Å². The number of rotatable bonds is 3. The van der Waals surface area contributed by atoms with E-state index in [1.54, 1.807) is 0 Å². The summed E-state index contributed by atoms with van der Waals surface area (Å²) >= 11 is 0. The number of fused-ring (bicyclic) bond motifs is 1. The summed E-state index contributed by atoms with van der Waals surface area (Å²) in [5.74, 6) is -0.0222. The summed E-state index contributed by atoms with van der Waals surface area (Å²) in [7, 11) is -0.926. The second-order valence-electron chi connectivity index (χ2n) is 4.49. The van der Waals surface area contributed by atoms with Gasteiger partial charge in [0.25, 0.3) is 15.9 Å². The molecule has 0 fully saturated rings. The van der Waals surface area contributed by atoms with E-state index in [0.29, 0.717) is 17.1 Å². The molecule has 1 aliphatic rings. The standard InChI is InChI=1S/C12H15NO5S/c1-6(2)9-10-8(19(15,16)13-12(10)14)5-7(17-3)11(9)18-4/h5-6H,1-4H3,(H,13,14). The fourth-order valence-electron chi connectivity index (χ4n) is 2.22. The molecule has 2 rings (SSSR count). The van der Waals surface area contributed by atoms with Gasteiger partial charge in [-0.1, -0.05) is 13.8 Å². The van der Waals surface area contributed by atoms with Crippen LogP contribution in [0.3, 0.4) is 0 Å². The molecular formula is C12H15NO5S. The van der Waals surface area contributed by atoms with Crippen LogP contribution in [-0.2, 0) is 10.0 Å². The van der Waals surface area contributed by atoms with E-state index in [1.807, 2.05) is 18.6 Å². The maximum absolute atomic E-state index is 11.9. The second kappa shape index (κ2) is 4.41. The Morgan fingerprint density at radius 3 is 2.32 bits per heavy atom. The normalized spacial score (nSPS) is 16.2. The molecule has 1 heterocycles. The molecule has 0 aromatic heterocycles. The molecule has 7 heteroatoms. The van der Waals surface area contributed by atoms with Crippen LogP contribution in [0.2, 0.25) is 0 Å². The van der Waals surface area contributed by atoms with Crippen LogP contribution in [0.15, 0.2) is 11.0 Å². The second-order valence-corrected chi connectivity index (χ2v) is 6.14. The van der Waals surface area contributed by atoms with E-state index in [4.69, 9.17) is 9.47 Å². The van der Waals surface area contributed by atoms with Crippen molar-refractivity contribution >= 4 is 15.9 Å². The first-order valence-electron chi connectivity index (χ1n) is 5.69. The number of carbonyl (C=O) groups is 1. The maximum atomic E-state index is 11.9. The number of carbonyl (C=O) groups excluding carboxylic acids is 1. The first kappa shape index (κ1) is 13.7. The van der Waals surface area contributed by atoms with E-state index in [-0.39, 0.29) is 16.4 Å². The Labute approximate surface area is 111 Å². The smallest absolute Gasteiger partial charge is 0.266 e. The third kappa shape index (κ3) is 1.94. The van der Waals surface area contributed by atoms with Gasteiger partial charge in [0.05, 0.1) is 19.8 Å². The van der Waals surface area contributed by atoms with Crippen molar-refractivity contribution in [2.24, 2.45) is 0 Å². The van der Waals surface area contributed by atoms with Crippen LogP contribution >= 0.6 is 0 Å². The summed E-state index contributed by atoms with van der Waals surface area (Å²) in [6.07, 6.45) is 0. The predicted molar refractivity (Wildman–Crippen MR) is 68.3 cm³/mol. The summed E-state index contributed by atoms with van der Waals surface area (Å²) in [4.78, 5) is 11.8. The highest BCUT2D eigenvalue weighted by Crippen LogP contribution is 2.43. The molecule has 1 aliphatic heterocycles. The summed E-state index contributed by atoms with van der Waals surface area (Å²) in [6, 6.07) is 1.31. The first-order chi connectivity index (χ1) is 8.83. The van der Waals surface area contributed by atoms with E-state index >= 15 is 0 Å². The van der Waals surface area contributed by atoms with Gasteiger partial charge >= 0.3 is 0 Å². The lowest BCUT2D eigenvalue weighted by atomic mass is 9.95. The number of hydrogen-bond acceptors (Lipinski definition) is 5. The van der Waals surface area contributed by atoms with Gasteiger partial charge in [0.1, 0.15) is 4.90 Å². The van der Waals surface area contributed by atoms with Gasteiger partial charge in [-0.15, -0.1) is 0 Å². The number of nitrogens with one attached hydrogen (secondary N) is 1. The van der Waals surface area contributed by atoms with Crippen LogP contribution in [0.1, 0.15) is 35.7 Å². The van der Waals surface area contributed by atoms with Crippen molar-refractivity contribution in [3.8, 4) is 11.5 Å². The van der Waals surface area contributed by atoms with Gasteiger partial charge in [0, 0.05) is 11.6 Å². The molecule has 0 unspecified atom stereocenters. The fraction of sp³-hybridized carbons (Fsp3) is 0.417. The zero-order valence-electron chi connectivity index (χ0n) is 11.1. The highest BCUT2D eigenvalue weighted by molar-refractivity contribution is 7.90. The van der Waals surface area contributed by atoms with Crippen molar-refractivity contribution < 1.29 is 22.7 Å². The van der Waals surface area contributed by atoms with Crippen molar-refractivity contribution in [1.29, 1.82) is 0 Å². The molecule has 0 atom stereocenters. The summed E-state index contributed by atoms with van der Waals surface area (Å²) in [6.45, 7) is 3.71. The van der Waals surface area contributed by atoms with E-state index in [2.05, 4.69) is 0 Å². The van der Waals surface area contributed by atoms with Gasteiger partial charge in [0.15, 0.2) is 11.5 Å². The number of ether oxygens (including phenoxy) is 2. The molecule has 0 spiro atoms. The third-order valence-corrected chi connectivity index (χ3v) is 4.35. The number of hydrogen-bond donors (Lipinski definition) is 1. The van der Waals surface area contributed by atoms with Crippen LogP contribution < -0.4 is 14.2 Å². The van der Waals surface area contributed by atoms with Gasteiger partial charge in [-0.3, -0.25) is 4.79 Å².